The maximum absolute atomic E-state index is 12.6. The van der Waals surface area contributed by atoms with Crippen molar-refractivity contribution in [2.24, 2.45) is 4.99 Å². The first-order valence-corrected chi connectivity index (χ1v) is 11.2. The van der Waals surface area contributed by atoms with E-state index in [-0.39, 0.29) is 29.9 Å². The molecule has 2 heterocycles. The van der Waals surface area contributed by atoms with Crippen molar-refractivity contribution >= 4 is 47.4 Å². The number of rotatable bonds is 5. The fraction of sp³-hybridized carbons (Fsp3) is 0.636. The van der Waals surface area contributed by atoms with Gasteiger partial charge in [0, 0.05) is 63.4 Å². The topological polar surface area (TPSA) is 60.4 Å². The Balaban J connectivity index is 0.00000341. The van der Waals surface area contributed by atoms with Crippen molar-refractivity contribution in [3.8, 4) is 0 Å². The molecule has 2 saturated heterocycles. The number of hydrogen-bond acceptors (Lipinski definition) is 4. The summed E-state index contributed by atoms with van der Waals surface area (Å²) >= 11 is 6.03. The number of carbonyl (C=O) groups is 1. The van der Waals surface area contributed by atoms with Crippen LogP contribution in [-0.4, -0.2) is 98.2 Å². The number of benzene rings is 1. The normalized spacial score (nSPS) is 21.4. The Labute approximate surface area is 208 Å². The molecule has 174 valence electrons. The first-order chi connectivity index (χ1) is 14.5. The number of nitrogens with one attached hydrogen (secondary N) is 1. The van der Waals surface area contributed by atoms with Crippen molar-refractivity contribution < 1.29 is 9.53 Å². The van der Waals surface area contributed by atoms with E-state index in [1.165, 1.54) is 0 Å². The minimum absolute atomic E-state index is 0. The molecule has 1 aromatic carbocycles. The molecule has 7 nitrogen and oxygen atoms in total. The van der Waals surface area contributed by atoms with Gasteiger partial charge in [-0.2, -0.15) is 0 Å². The van der Waals surface area contributed by atoms with Crippen LogP contribution in [0.3, 0.4) is 0 Å². The Kier molecular flexibility index (Phi) is 10.8. The highest BCUT2D eigenvalue weighted by Gasteiger charge is 2.26. The third kappa shape index (κ3) is 7.47. The molecule has 1 amide bonds. The molecule has 2 aliphatic rings. The second kappa shape index (κ2) is 12.8. The highest BCUT2D eigenvalue weighted by Crippen LogP contribution is 2.13. The van der Waals surface area contributed by atoms with Crippen molar-refractivity contribution in [2.45, 2.75) is 32.4 Å². The van der Waals surface area contributed by atoms with Crippen LogP contribution in [0.5, 0.6) is 0 Å². The summed E-state index contributed by atoms with van der Waals surface area (Å²) in [6.07, 6.45) is 0.392. The summed E-state index contributed by atoms with van der Waals surface area (Å²) in [5, 5.41) is 4.19. The largest absolute Gasteiger partial charge is 0.379 e. The number of morpholine rings is 1. The van der Waals surface area contributed by atoms with E-state index in [0.29, 0.717) is 36.6 Å². The van der Waals surface area contributed by atoms with Gasteiger partial charge in [-0.3, -0.25) is 14.7 Å². The summed E-state index contributed by atoms with van der Waals surface area (Å²) in [5.74, 6) is 1.06. The minimum atomic E-state index is 0. The average molecular weight is 564 g/mol. The van der Waals surface area contributed by atoms with Gasteiger partial charge in [0.2, 0.25) is 5.91 Å². The Hall–Kier alpha value is -1.10. The van der Waals surface area contributed by atoms with E-state index in [0.717, 1.165) is 50.9 Å². The predicted octanol–water partition coefficient (Wildman–Crippen LogP) is 2.33. The molecule has 2 fully saturated rings. The summed E-state index contributed by atoms with van der Waals surface area (Å²) in [6, 6.07) is 8.36. The van der Waals surface area contributed by atoms with Gasteiger partial charge < -0.3 is 19.9 Å². The van der Waals surface area contributed by atoms with Gasteiger partial charge in [0.15, 0.2) is 5.96 Å². The maximum atomic E-state index is 12.6. The lowest BCUT2D eigenvalue weighted by Gasteiger charge is -2.39. The monoisotopic (exact) mass is 563 g/mol. The average Bonchev–Trinajstić information content (AvgIpc) is 2.75. The van der Waals surface area contributed by atoms with Gasteiger partial charge in [0.25, 0.3) is 0 Å². The first kappa shape index (κ1) is 26.2. The minimum Gasteiger partial charge on any atom is -0.379 e. The van der Waals surface area contributed by atoms with Crippen molar-refractivity contribution in [3.63, 3.8) is 0 Å². The second-order valence-corrected chi connectivity index (χ2v) is 8.55. The zero-order valence-corrected chi connectivity index (χ0v) is 21.8. The van der Waals surface area contributed by atoms with Crippen LogP contribution in [0.4, 0.5) is 0 Å². The number of piperazine rings is 1. The highest BCUT2D eigenvalue weighted by atomic mass is 127. The number of guanidine groups is 1. The van der Waals surface area contributed by atoms with Crippen molar-refractivity contribution in [1.29, 1.82) is 0 Å². The lowest BCUT2D eigenvalue weighted by molar-refractivity contribution is -0.131. The van der Waals surface area contributed by atoms with Crippen LogP contribution in [0.2, 0.25) is 5.02 Å². The van der Waals surface area contributed by atoms with E-state index < -0.39 is 0 Å². The van der Waals surface area contributed by atoms with Crippen molar-refractivity contribution in [1.82, 2.24) is 20.0 Å². The molecule has 0 aromatic heterocycles. The third-order valence-electron chi connectivity index (χ3n) is 5.93. The molecule has 2 atom stereocenters. The summed E-state index contributed by atoms with van der Waals surface area (Å²) in [7, 11) is 1.82. The predicted molar refractivity (Wildman–Crippen MR) is 137 cm³/mol. The SMILES string of the molecule is CN=C(NCC(C)N1CCOCC1C)N1CCN(C(=O)Cc2cccc(Cl)c2)CC1.I. The number of amides is 1. The molecule has 2 unspecified atom stereocenters. The molecule has 0 radical (unpaired) electrons. The van der Waals surface area contributed by atoms with Crippen molar-refractivity contribution in [3.05, 3.63) is 34.9 Å². The molecular weight excluding hydrogens is 529 g/mol. The summed E-state index contributed by atoms with van der Waals surface area (Å²) in [6.45, 7) is 10.8. The van der Waals surface area contributed by atoms with Gasteiger partial charge in [0.05, 0.1) is 19.6 Å². The zero-order valence-electron chi connectivity index (χ0n) is 18.7. The van der Waals surface area contributed by atoms with Gasteiger partial charge in [-0.25, -0.2) is 0 Å². The Morgan fingerprint density at radius 1 is 1.26 bits per heavy atom. The third-order valence-corrected chi connectivity index (χ3v) is 6.16. The van der Waals surface area contributed by atoms with Crippen LogP contribution in [-0.2, 0) is 16.0 Å². The number of halogens is 2. The fourth-order valence-electron chi connectivity index (χ4n) is 4.18. The highest BCUT2D eigenvalue weighted by molar-refractivity contribution is 14.0. The molecule has 0 spiro atoms. The Bertz CT molecular complexity index is 742. The molecule has 0 bridgehead atoms. The number of hydrogen-bond donors (Lipinski definition) is 1. The summed E-state index contributed by atoms with van der Waals surface area (Å²) in [5.41, 5.74) is 0.957. The van der Waals surface area contributed by atoms with E-state index in [1.54, 1.807) is 0 Å². The van der Waals surface area contributed by atoms with Gasteiger partial charge in [-0.1, -0.05) is 23.7 Å². The quantitative estimate of drug-likeness (QED) is 0.339. The van der Waals surface area contributed by atoms with Crippen LogP contribution in [0.25, 0.3) is 0 Å². The molecular formula is C22H35ClIN5O2. The Morgan fingerprint density at radius 2 is 1.97 bits per heavy atom. The van der Waals surface area contributed by atoms with Crippen LogP contribution in [0.15, 0.2) is 29.3 Å². The molecule has 3 rings (SSSR count). The number of ether oxygens (including phenoxy) is 1. The number of nitrogens with zero attached hydrogens (tertiary/aromatic N) is 4. The summed E-state index contributed by atoms with van der Waals surface area (Å²) in [4.78, 5) is 23.8. The standard InChI is InChI=1S/C22H34ClN5O2.HI/c1-17(28-11-12-30-16-18(28)2)15-25-22(24-3)27-9-7-26(8-10-27)21(29)14-19-5-4-6-20(23)13-19;/h4-6,13,17-18H,7-12,14-16H2,1-3H3,(H,24,25);1H. The van der Waals surface area contributed by atoms with Crippen LogP contribution < -0.4 is 5.32 Å². The number of aliphatic imine (C=N–C) groups is 1. The smallest absolute Gasteiger partial charge is 0.227 e. The number of carbonyl (C=O) groups excluding carboxylic acids is 1. The molecule has 1 aromatic rings. The van der Waals surface area contributed by atoms with Crippen molar-refractivity contribution in [2.75, 3.05) is 59.5 Å². The van der Waals surface area contributed by atoms with E-state index >= 15 is 0 Å². The lowest BCUT2D eigenvalue weighted by Crippen LogP contribution is -2.56. The zero-order chi connectivity index (χ0) is 21.5. The van der Waals surface area contributed by atoms with Gasteiger partial charge >= 0.3 is 0 Å². The van der Waals surface area contributed by atoms with Crippen LogP contribution >= 0.6 is 35.6 Å². The van der Waals surface area contributed by atoms with E-state index in [4.69, 9.17) is 16.3 Å². The van der Waals surface area contributed by atoms with Gasteiger partial charge in [-0.15, -0.1) is 24.0 Å². The molecule has 2 aliphatic heterocycles. The Morgan fingerprint density at radius 3 is 2.61 bits per heavy atom. The molecule has 0 saturated carbocycles. The lowest BCUT2D eigenvalue weighted by atomic mass is 10.1. The van der Waals surface area contributed by atoms with E-state index in [9.17, 15) is 4.79 Å². The maximum Gasteiger partial charge on any atom is 0.227 e. The second-order valence-electron chi connectivity index (χ2n) is 8.11. The summed E-state index contributed by atoms with van der Waals surface area (Å²) < 4.78 is 5.54. The van der Waals surface area contributed by atoms with Crippen LogP contribution in [0.1, 0.15) is 19.4 Å². The molecule has 31 heavy (non-hydrogen) atoms. The molecule has 9 heteroatoms. The molecule has 0 aliphatic carbocycles. The molecule has 1 N–H and O–H groups in total. The van der Waals surface area contributed by atoms with Gasteiger partial charge in [0.1, 0.15) is 0 Å². The first-order valence-electron chi connectivity index (χ1n) is 10.8. The van der Waals surface area contributed by atoms with Crippen LogP contribution in [0, 0.1) is 0 Å². The van der Waals surface area contributed by atoms with E-state index in [2.05, 4.69) is 34.0 Å². The fourth-order valence-corrected chi connectivity index (χ4v) is 4.40. The van der Waals surface area contributed by atoms with E-state index in [1.807, 2.05) is 36.2 Å². The van der Waals surface area contributed by atoms with Gasteiger partial charge in [-0.05, 0) is 31.5 Å².